The maximum atomic E-state index is 12.1. The Hall–Kier alpha value is -2.94. The monoisotopic (exact) mass is 362 g/mol. The number of urea groups is 1. The van der Waals surface area contributed by atoms with Gasteiger partial charge in [0, 0.05) is 22.7 Å². The highest BCUT2D eigenvalue weighted by molar-refractivity contribution is 7.09. The minimum absolute atomic E-state index is 0.0255. The number of hydrogen-bond acceptors (Lipinski definition) is 5. The largest absolute Gasteiger partial charge is 0.476 e. The number of aromatic carboxylic acids is 1. The molecule has 0 saturated heterocycles. The molecule has 0 radical (unpaired) electrons. The number of nitrogens with one attached hydrogen (secondary N) is 3. The molecule has 1 heterocycles. The molecule has 0 aliphatic heterocycles. The second-order valence-corrected chi connectivity index (χ2v) is 6.39. The summed E-state index contributed by atoms with van der Waals surface area (Å²) in [6.07, 6.45) is 0. The standard InChI is InChI=1S/C16H18N4O4S/c1-9(2)18-16(24)19-11-5-3-10(4-6-11)14(21)17-7-13-20-12(8-25-13)15(22)23/h3-6,8-9H,7H2,1-2H3,(H,17,21)(H,22,23)(H2,18,19,24). The third-order valence-electron chi connectivity index (χ3n) is 3.00. The van der Waals surface area contributed by atoms with Crippen molar-refractivity contribution in [3.63, 3.8) is 0 Å². The zero-order chi connectivity index (χ0) is 18.4. The quantitative estimate of drug-likeness (QED) is 0.628. The first kappa shape index (κ1) is 18.4. The molecule has 4 N–H and O–H groups in total. The lowest BCUT2D eigenvalue weighted by molar-refractivity contribution is 0.0691. The second-order valence-electron chi connectivity index (χ2n) is 5.44. The SMILES string of the molecule is CC(C)NC(=O)Nc1ccc(C(=O)NCc2nc(C(=O)O)cs2)cc1. The molecule has 2 rings (SSSR count). The Labute approximate surface area is 148 Å². The van der Waals surface area contributed by atoms with Crippen molar-refractivity contribution < 1.29 is 19.5 Å². The topological polar surface area (TPSA) is 120 Å². The molecule has 0 aliphatic rings. The normalized spacial score (nSPS) is 10.4. The van der Waals surface area contributed by atoms with Crippen LogP contribution in [-0.4, -0.2) is 34.0 Å². The van der Waals surface area contributed by atoms with Gasteiger partial charge in [-0.05, 0) is 38.1 Å². The molecular formula is C16H18N4O4S. The molecule has 25 heavy (non-hydrogen) atoms. The molecule has 1 aromatic carbocycles. The van der Waals surface area contributed by atoms with Crippen molar-refractivity contribution in [2.24, 2.45) is 0 Å². The number of carboxylic acid groups (broad SMARTS) is 1. The van der Waals surface area contributed by atoms with Gasteiger partial charge in [0.1, 0.15) is 5.01 Å². The number of carbonyl (C=O) groups excluding carboxylic acids is 2. The Morgan fingerprint density at radius 3 is 2.44 bits per heavy atom. The average molecular weight is 362 g/mol. The van der Waals surface area contributed by atoms with Crippen molar-refractivity contribution in [1.29, 1.82) is 0 Å². The summed E-state index contributed by atoms with van der Waals surface area (Å²) in [6.45, 7) is 3.86. The highest BCUT2D eigenvalue weighted by atomic mass is 32.1. The van der Waals surface area contributed by atoms with Gasteiger partial charge in [0.05, 0.1) is 6.54 Å². The number of rotatable bonds is 6. The Morgan fingerprint density at radius 1 is 1.20 bits per heavy atom. The number of carboxylic acids is 1. The molecule has 0 bridgehead atoms. The van der Waals surface area contributed by atoms with Crippen LogP contribution in [-0.2, 0) is 6.54 Å². The number of benzene rings is 1. The van der Waals surface area contributed by atoms with Gasteiger partial charge >= 0.3 is 12.0 Å². The van der Waals surface area contributed by atoms with Crippen LogP contribution in [0.3, 0.4) is 0 Å². The molecule has 132 valence electrons. The number of hydrogen-bond donors (Lipinski definition) is 4. The molecule has 0 unspecified atom stereocenters. The maximum absolute atomic E-state index is 12.1. The van der Waals surface area contributed by atoms with Gasteiger partial charge in [0.15, 0.2) is 5.69 Å². The second kappa shape index (κ2) is 8.25. The molecule has 1 aromatic heterocycles. The summed E-state index contributed by atoms with van der Waals surface area (Å²) in [5.41, 5.74) is 0.954. The van der Waals surface area contributed by atoms with Gasteiger partial charge < -0.3 is 21.1 Å². The minimum Gasteiger partial charge on any atom is -0.476 e. The molecule has 0 fully saturated rings. The number of nitrogens with zero attached hydrogens (tertiary/aromatic N) is 1. The fourth-order valence-electron chi connectivity index (χ4n) is 1.88. The van der Waals surface area contributed by atoms with E-state index in [0.29, 0.717) is 16.3 Å². The predicted octanol–water partition coefficient (Wildman–Crippen LogP) is 2.30. The third-order valence-corrected chi connectivity index (χ3v) is 3.84. The summed E-state index contributed by atoms with van der Waals surface area (Å²) in [6, 6.07) is 6.14. The van der Waals surface area contributed by atoms with Gasteiger partial charge in [-0.25, -0.2) is 14.6 Å². The molecule has 0 atom stereocenters. The lowest BCUT2D eigenvalue weighted by atomic mass is 10.2. The minimum atomic E-state index is -1.10. The fraction of sp³-hybridized carbons (Fsp3) is 0.250. The highest BCUT2D eigenvalue weighted by Gasteiger charge is 2.11. The van der Waals surface area contributed by atoms with Gasteiger partial charge in [0.2, 0.25) is 0 Å². The number of carbonyl (C=O) groups is 3. The molecule has 2 aromatic rings. The molecule has 0 saturated carbocycles. The molecule has 9 heteroatoms. The summed E-state index contributed by atoms with van der Waals surface area (Å²) < 4.78 is 0. The van der Waals surface area contributed by atoms with Crippen LogP contribution in [0.4, 0.5) is 10.5 Å². The van der Waals surface area contributed by atoms with Crippen molar-refractivity contribution in [1.82, 2.24) is 15.6 Å². The highest BCUT2D eigenvalue weighted by Crippen LogP contribution is 2.12. The zero-order valence-corrected chi connectivity index (χ0v) is 14.5. The number of amides is 3. The predicted molar refractivity (Wildman–Crippen MR) is 94.0 cm³/mol. The van der Waals surface area contributed by atoms with Gasteiger partial charge in [0.25, 0.3) is 5.91 Å². The van der Waals surface area contributed by atoms with Gasteiger partial charge in [-0.15, -0.1) is 11.3 Å². The molecule has 0 spiro atoms. The van der Waals surface area contributed by atoms with Gasteiger partial charge in [-0.2, -0.15) is 0 Å². The number of thiazole rings is 1. The van der Waals surface area contributed by atoms with Crippen molar-refractivity contribution in [2.75, 3.05) is 5.32 Å². The van der Waals surface area contributed by atoms with E-state index in [1.54, 1.807) is 24.3 Å². The molecule has 3 amide bonds. The van der Waals surface area contributed by atoms with E-state index in [9.17, 15) is 14.4 Å². The van der Waals surface area contributed by atoms with E-state index in [1.165, 1.54) is 16.7 Å². The molecular weight excluding hydrogens is 344 g/mol. The average Bonchev–Trinajstić information content (AvgIpc) is 3.01. The van der Waals surface area contributed by atoms with Crippen molar-refractivity contribution in [3.8, 4) is 0 Å². The summed E-state index contributed by atoms with van der Waals surface area (Å²) in [5, 5.41) is 18.8. The Kier molecular flexibility index (Phi) is 6.07. The summed E-state index contributed by atoms with van der Waals surface area (Å²) >= 11 is 1.17. The maximum Gasteiger partial charge on any atom is 0.355 e. The molecule has 0 aliphatic carbocycles. The van der Waals surface area contributed by atoms with E-state index in [2.05, 4.69) is 20.9 Å². The Bertz CT molecular complexity index is 771. The van der Waals surface area contributed by atoms with E-state index in [4.69, 9.17) is 5.11 Å². The lowest BCUT2D eigenvalue weighted by Gasteiger charge is -2.10. The van der Waals surface area contributed by atoms with Gasteiger partial charge in [-0.1, -0.05) is 0 Å². The van der Waals surface area contributed by atoms with Crippen molar-refractivity contribution >= 4 is 34.9 Å². The fourth-order valence-corrected chi connectivity index (χ4v) is 2.59. The van der Waals surface area contributed by atoms with Gasteiger partial charge in [-0.3, -0.25) is 4.79 Å². The van der Waals surface area contributed by atoms with Crippen LogP contribution in [0, 0.1) is 0 Å². The Balaban J connectivity index is 1.89. The molecule has 8 nitrogen and oxygen atoms in total. The first-order valence-electron chi connectivity index (χ1n) is 7.48. The van der Waals surface area contributed by atoms with E-state index >= 15 is 0 Å². The van der Waals surface area contributed by atoms with Crippen LogP contribution in [0.1, 0.15) is 39.7 Å². The van der Waals surface area contributed by atoms with E-state index in [-0.39, 0.29) is 30.2 Å². The van der Waals surface area contributed by atoms with E-state index in [0.717, 1.165) is 0 Å². The van der Waals surface area contributed by atoms with Crippen molar-refractivity contribution in [3.05, 3.63) is 45.9 Å². The first-order valence-corrected chi connectivity index (χ1v) is 8.36. The smallest absolute Gasteiger partial charge is 0.355 e. The summed E-state index contributed by atoms with van der Waals surface area (Å²) in [5.74, 6) is -1.41. The van der Waals surface area contributed by atoms with Crippen molar-refractivity contribution in [2.45, 2.75) is 26.4 Å². The Morgan fingerprint density at radius 2 is 1.88 bits per heavy atom. The number of aromatic nitrogens is 1. The summed E-state index contributed by atoms with van der Waals surface area (Å²) in [7, 11) is 0. The number of anilines is 1. The first-order chi connectivity index (χ1) is 11.8. The third kappa shape index (κ3) is 5.57. The van der Waals surface area contributed by atoms with Crippen LogP contribution in [0.15, 0.2) is 29.6 Å². The lowest BCUT2D eigenvalue weighted by Crippen LogP contribution is -2.34. The van der Waals surface area contributed by atoms with Crippen LogP contribution in [0.2, 0.25) is 0 Å². The van der Waals surface area contributed by atoms with Crippen LogP contribution in [0.25, 0.3) is 0 Å². The van der Waals surface area contributed by atoms with Crippen LogP contribution in [0.5, 0.6) is 0 Å². The van der Waals surface area contributed by atoms with E-state index < -0.39 is 5.97 Å². The van der Waals surface area contributed by atoms with Crippen LogP contribution >= 0.6 is 11.3 Å². The zero-order valence-electron chi connectivity index (χ0n) is 13.7. The summed E-state index contributed by atoms with van der Waals surface area (Å²) in [4.78, 5) is 38.3. The van der Waals surface area contributed by atoms with E-state index in [1.807, 2.05) is 13.8 Å². The van der Waals surface area contributed by atoms with Crippen LogP contribution < -0.4 is 16.0 Å².